The number of benzene rings is 3. The Kier molecular flexibility index (Phi) is 7.12. The van der Waals surface area contributed by atoms with Gasteiger partial charge in [0, 0.05) is 18.7 Å². The smallest absolute Gasteiger partial charge is 0.254 e. The highest BCUT2D eigenvalue weighted by atomic mass is 16.7. The Morgan fingerprint density at radius 2 is 1.65 bits per heavy atom. The van der Waals surface area contributed by atoms with Crippen LogP contribution in [0.3, 0.4) is 0 Å². The first-order chi connectivity index (χ1) is 18.0. The quantitative estimate of drug-likeness (QED) is 0.303. The first-order valence-electron chi connectivity index (χ1n) is 12.5. The van der Waals surface area contributed by atoms with Gasteiger partial charge in [0.05, 0.1) is 6.54 Å². The Labute approximate surface area is 216 Å². The summed E-state index contributed by atoms with van der Waals surface area (Å²) in [6.07, 6.45) is 0.742. The number of aryl methyl sites for hydroxylation is 1. The van der Waals surface area contributed by atoms with Gasteiger partial charge in [0.25, 0.3) is 5.91 Å². The fourth-order valence-electron chi connectivity index (χ4n) is 4.54. The van der Waals surface area contributed by atoms with E-state index in [4.69, 9.17) is 13.9 Å². The third kappa shape index (κ3) is 5.61. The highest BCUT2D eigenvalue weighted by molar-refractivity contribution is 6.00. The van der Waals surface area contributed by atoms with Gasteiger partial charge in [-0.05, 0) is 66.1 Å². The monoisotopic (exact) mass is 498 g/mol. The molecule has 0 aliphatic carbocycles. The Morgan fingerprint density at radius 3 is 2.43 bits per heavy atom. The van der Waals surface area contributed by atoms with Gasteiger partial charge in [-0.3, -0.25) is 9.59 Å². The number of nitrogens with zero attached hydrogens (tertiary/aromatic N) is 2. The molecule has 190 valence electrons. The van der Waals surface area contributed by atoms with Crippen molar-refractivity contribution in [2.75, 3.05) is 19.9 Å². The average molecular weight is 499 g/mol. The molecule has 0 atom stereocenters. The van der Waals surface area contributed by atoms with E-state index < -0.39 is 0 Å². The Balaban J connectivity index is 1.37. The number of ether oxygens (including phenoxy) is 2. The van der Waals surface area contributed by atoms with Gasteiger partial charge in [-0.15, -0.1) is 0 Å². The molecule has 0 N–H and O–H groups in total. The van der Waals surface area contributed by atoms with Gasteiger partial charge in [0.1, 0.15) is 18.1 Å². The largest absolute Gasteiger partial charge is 0.464 e. The van der Waals surface area contributed by atoms with E-state index in [1.165, 1.54) is 0 Å². The molecule has 1 aliphatic rings. The molecule has 5 rings (SSSR count). The van der Waals surface area contributed by atoms with Gasteiger partial charge >= 0.3 is 0 Å². The summed E-state index contributed by atoms with van der Waals surface area (Å²) >= 11 is 0. The molecule has 0 bridgehead atoms. The van der Waals surface area contributed by atoms with Crippen LogP contribution in [-0.2, 0) is 17.9 Å². The SMILES string of the molecule is CCCN(CC(=O)N(Cc1ccc2c(c1)OCO2)Cc1ccc(C)o1)C(=O)c1ccc2ccccc2c1. The minimum atomic E-state index is -0.158. The maximum Gasteiger partial charge on any atom is 0.254 e. The van der Waals surface area contributed by atoms with E-state index in [1.807, 2.05) is 86.6 Å². The maximum absolute atomic E-state index is 13.7. The summed E-state index contributed by atoms with van der Waals surface area (Å²) in [5.41, 5.74) is 1.48. The van der Waals surface area contributed by atoms with Crippen molar-refractivity contribution in [1.29, 1.82) is 0 Å². The number of amides is 2. The lowest BCUT2D eigenvalue weighted by Crippen LogP contribution is -2.42. The van der Waals surface area contributed by atoms with Crippen molar-refractivity contribution >= 4 is 22.6 Å². The molecule has 7 nitrogen and oxygen atoms in total. The van der Waals surface area contributed by atoms with Gasteiger partial charge in [0.2, 0.25) is 12.7 Å². The van der Waals surface area contributed by atoms with E-state index in [-0.39, 0.29) is 25.2 Å². The lowest BCUT2D eigenvalue weighted by Gasteiger charge is -2.27. The third-order valence-corrected chi connectivity index (χ3v) is 6.41. The molecule has 0 spiro atoms. The predicted octanol–water partition coefficient (Wildman–Crippen LogP) is 5.55. The summed E-state index contributed by atoms with van der Waals surface area (Å²) in [5, 5.41) is 2.06. The van der Waals surface area contributed by atoms with E-state index >= 15 is 0 Å². The first kappa shape index (κ1) is 24.4. The average Bonchev–Trinajstić information content (AvgIpc) is 3.55. The first-order valence-corrected chi connectivity index (χ1v) is 12.5. The minimum absolute atomic E-state index is 0.0241. The fraction of sp³-hybridized carbons (Fsp3) is 0.267. The molecule has 1 aromatic heterocycles. The highest BCUT2D eigenvalue weighted by Crippen LogP contribution is 2.33. The van der Waals surface area contributed by atoms with E-state index in [0.29, 0.717) is 42.5 Å². The molecule has 2 heterocycles. The second kappa shape index (κ2) is 10.8. The summed E-state index contributed by atoms with van der Waals surface area (Å²) in [6.45, 7) is 5.17. The lowest BCUT2D eigenvalue weighted by atomic mass is 10.1. The van der Waals surface area contributed by atoms with E-state index in [9.17, 15) is 9.59 Å². The van der Waals surface area contributed by atoms with Crippen LogP contribution < -0.4 is 9.47 Å². The molecule has 2 amide bonds. The van der Waals surface area contributed by atoms with Crippen molar-refractivity contribution < 1.29 is 23.5 Å². The van der Waals surface area contributed by atoms with Crippen molar-refractivity contribution in [2.45, 2.75) is 33.4 Å². The predicted molar refractivity (Wildman–Crippen MR) is 140 cm³/mol. The van der Waals surface area contributed by atoms with Gasteiger partial charge in [-0.25, -0.2) is 0 Å². The number of fused-ring (bicyclic) bond motifs is 2. The number of hydrogen-bond acceptors (Lipinski definition) is 5. The molecule has 0 fully saturated rings. The number of rotatable bonds is 9. The van der Waals surface area contributed by atoms with Crippen molar-refractivity contribution in [2.24, 2.45) is 0 Å². The van der Waals surface area contributed by atoms with Crippen molar-refractivity contribution in [3.8, 4) is 11.5 Å². The van der Waals surface area contributed by atoms with Crippen LogP contribution in [0.25, 0.3) is 10.8 Å². The zero-order valence-electron chi connectivity index (χ0n) is 21.1. The van der Waals surface area contributed by atoms with Crippen molar-refractivity contribution in [3.05, 3.63) is 95.4 Å². The second-order valence-electron chi connectivity index (χ2n) is 9.24. The zero-order chi connectivity index (χ0) is 25.8. The molecule has 1 aliphatic heterocycles. The van der Waals surface area contributed by atoms with E-state index in [0.717, 1.165) is 28.5 Å². The molecule has 0 radical (unpaired) electrons. The molecule has 37 heavy (non-hydrogen) atoms. The van der Waals surface area contributed by atoms with Crippen molar-refractivity contribution in [3.63, 3.8) is 0 Å². The normalized spacial score (nSPS) is 12.1. The fourth-order valence-corrected chi connectivity index (χ4v) is 4.54. The minimum Gasteiger partial charge on any atom is -0.464 e. The number of carbonyl (C=O) groups excluding carboxylic acids is 2. The van der Waals surface area contributed by atoms with E-state index in [2.05, 4.69) is 0 Å². The molecule has 0 unspecified atom stereocenters. The molecule has 7 heteroatoms. The van der Waals surface area contributed by atoms with Crippen LogP contribution >= 0.6 is 0 Å². The Bertz CT molecular complexity index is 1430. The van der Waals surface area contributed by atoms with Crippen LogP contribution in [0.4, 0.5) is 0 Å². The Morgan fingerprint density at radius 1 is 0.838 bits per heavy atom. The number of furan rings is 1. The van der Waals surface area contributed by atoms with Gasteiger partial charge < -0.3 is 23.7 Å². The van der Waals surface area contributed by atoms with Crippen LogP contribution in [0.2, 0.25) is 0 Å². The summed E-state index contributed by atoms with van der Waals surface area (Å²) < 4.78 is 16.7. The summed E-state index contributed by atoms with van der Waals surface area (Å²) in [4.78, 5) is 30.5. The lowest BCUT2D eigenvalue weighted by molar-refractivity contribution is -0.133. The highest BCUT2D eigenvalue weighted by Gasteiger charge is 2.24. The van der Waals surface area contributed by atoms with Crippen LogP contribution in [0, 0.1) is 6.92 Å². The standard InChI is InChI=1S/C30H30N2O5/c1-3-14-31(30(34)25-11-10-23-6-4-5-7-24(23)16-25)19-29(33)32(18-26-12-8-21(2)37-26)17-22-9-13-27-28(15-22)36-20-35-27/h4-13,15-16H,3,14,17-20H2,1-2H3. The maximum atomic E-state index is 13.7. The Hall–Kier alpha value is -4.26. The second-order valence-corrected chi connectivity index (χ2v) is 9.24. The van der Waals surface area contributed by atoms with Crippen LogP contribution in [0.15, 0.2) is 77.2 Å². The molecule has 3 aromatic carbocycles. The summed E-state index contributed by atoms with van der Waals surface area (Å²) in [5.74, 6) is 2.52. The van der Waals surface area contributed by atoms with Crippen LogP contribution in [-0.4, -0.2) is 41.5 Å². The molecule has 0 saturated heterocycles. The molecular formula is C30H30N2O5. The molecule has 0 saturated carbocycles. The summed E-state index contributed by atoms with van der Waals surface area (Å²) in [7, 11) is 0. The van der Waals surface area contributed by atoms with Crippen molar-refractivity contribution in [1.82, 2.24) is 9.80 Å². The van der Waals surface area contributed by atoms with Gasteiger partial charge in [-0.2, -0.15) is 0 Å². The van der Waals surface area contributed by atoms with Crippen LogP contribution in [0.1, 0.15) is 40.8 Å². The third-order valence-electron chi connectivity index (χ3n) is 6.41. The van der Waals surface area contributed by atoms with E-state index in [1.54, 1.807) is 9.80 Å². The number of hydrogen-bond donors (Lipinski definition) is 0. The van der Waals surface area contributed by atoms with Gasteiger partial charge in [-0.1, -0.05) is 43.3 Å². The topological polar surface area (TPSA) is 72.2 Å². The van der Waals surface area contributed by atoms with Crippen LogP contribution in [0.5, 0.6) is 11.5 Å². The summed E-state index contributed by atoms with van der Waals surface area (Å²) in [6, 6.07) is 23.0. The number of carbonyl (C=O) groups is 2. The molecular weight excluding hydrogens is 468 g/mol. The van der Waals surface area contributed by atoms with Gasteiger partial charge in [0.15, 0.2) is 11.5 Å². The molecule has 4 aromatic rings. The zero-order valence-corrected chi connectivity index (χ0v) is 21.1.